The van der Waals surface area contributed by atoms with Gasteiger partial charge in [-0.15, -0.1) is 0 Å². The van der Waals surface area contributed by atoms with E-state index in [9.17, 15) is 0 Å². The summed E-state index contributed by atoms with van der Waals surface area (Å²) < 4.78 is 2.14. The molecule has 0 saturated carbocycles. The van der Waals surface area contributed by atoms with Crippen LogP contribution in [0.1, 0.15) is 5.69 Å². The Morgan fingerprint density at radius 3 is 3.20 bits per heavy atom. The molecule has 2 rings (SSSR count). The van der Waals surface area contributed by atoms with Crippen LogP contribution in [-0.4, -0.2) is 11.1 Å². The van der Waals surface area contributed by atoms with Crippen LogP contribution in [0.4, 0.5) is 0 Å². The quantitative estimate of drug-likeness (QED) is 0.598. The number of aromatic nitrogens is 1. The van der Waals surface area contributed by atoms with Crippen LogP contribution in [0.25, 0.3) is 0 Å². The summed E-state index contributed by atoms with van der Waals surface area (Å²) in [5.41, 5.74) is 1.29. The lowest BCUT2D eigenvalue weighted by atomic mass is 10.3. The zero-order valence-corrected chi connectivity index (χ0v) is 6.36. The first kappa shape index (κ1) is 6.25. The number of hydrogen-bond donors (Lipinski definition) is 1. The highest BCUT2D eigenvalue weighted by Crippen LogP contribution is 2.16. The van der Waals surface area contributed by atoms with Gasteiger partial charge in [0, 0.05) is 25.3 Å². The molecule has 0 aliphatic carbocycles. The minimum absolute atomic E-state index is 0.858. The molecule has 1 aliphatic heterocycles. The van der Waals surface area contributed by atoms with Gasteiger partial charge in [-0.1, -0.05) is 11.6 Å². The van der Waals surface area contributed by atoms with Gasteiger partial charge in [0.2, 0.25) is 0 Å². The van der Waals surface area contributed by atoms with Crippen molar-refractivity contribution in [1.82, 2.24) is 9.88 Å². The second-order valence-corrected chi connectivity index (χ2v) is 2.86. The normalized spacial score (nSPS) is 16.9. The molecule has 54 valence electrons. The fourth-order valence-corrected chi connectivity index (χ4v) is 1.55. The standard InChI is InChI=1S/C7H9ClN2/c8-7-2-1-6-5-9-3-4-10(6)7/h1-2,9H,3-5H2. The van der Waals surface area contributed by atoms with E-state index in [2.05, 4.69) is 16.0 Å². The van der Waals surface area contributed by atoms with Crippen LogP contribution in [0.2, 0.25) is 5.15 Å². The van der Waals surface area contributed by atoms with Crippen molar-refractivity contribution in [2.75, 3.05) is 6.54 Å². The molecule has 1 aliphatic rings. The highest BCUT2D eigenvalue weighted by molar-refractivity contribution is 6.29. The fraction of sp³-hybridized carbons (Fsp3) is 0.429. The average Bonchev–Trinajstić information content (AvgIpc) is 2.34. The van der Waals surface area contributed by atoms with Gasteiger partial charge >= 0.3 is 0 Å². The number of halogens is 1. The van der Waals surface area contributed by atoms with Crippen molar-refractivity contribution < 1.29 is 0 Å². The SMILES string of the molecule is Clc1ccc2n1CCNC2. The first-order valence-electron chi connectivity index (χ1n) is 3.42. The molecule has 0 saturated heterocycles. The van der Waals surface area contributed by atoms with Gasteiger partial charge in [0.25, 0.3) is 0 Å². The van der Waals surface area contributed by atoms with E-state index >= 15 is 0 Å². The highest BCUT2D eigenvalue weighted by Gasteiger charge is 2.09. The molecule has 2 nitrogen and oxygen atoms in total. The molecule has 0 amide bonds. The van der Waals surface area contributed by atoms with Gasteiger partial charge in [-0.2, -0.15) is 0 Å². The average molecular weight is 157 g/mol. The first-order chi connectivity index (χ1) is 4.88. The summed E-state index contributed by atoms with van der Waals surface area (Å²) in [5.74, 6) is 0. The Hall–Kier alpha value is -0.470. The minimum Gasteiger partial charge on any atom is -0.333 e. The number of rotatable bonds is 0. The van der Waals surface area contributed by atoms with Gasteiger partial charge < -0.3 is 9.88 Å². The van der Waals surface area contributed by atoms with Crippen LogP contribution in [0, 0.1) is 0 Å². The summed E-state index contributed by atoms with van der Waals surface area (Å²) >= 11 is 5.89. The zero-order chi connectivity index (χ0) is 6.97. The lowest BCUT2D eigenvalue weighted by Gasteiger charge is -2.16. The first-order valence-corrected chi connectivity index (χ1v) is 3.80. The molecule has 1 aromatic rings. The third-order valence-electron chi connectivity index (χ3n) is 1.84. The smallest absolute Gasteiger partial charge is 0.109 e. The Morgan fingerprint density at radius 2 is 2.40 bits per heavy atom. The third kappa shape index (κ3) is 0.842. The van der Waals surface area contributed by atoms with E-state index in [1.54, 1.807) is 0 Å². The molecule has 0 aromatic carbocycles. The maximum Gasteiger partial charge on any atom is 0.109 e. The van der Waals surface area contributed by atoms with E-state index in [0.717, 1.165) is 24.8 Å². The second kappa shape index (κ2) is 2.29. The summed E-state index contributed by atoms with van der Waals surface area (Å²) in [6.07, 6.45) is 0. The Kier molecular flexibility index (Phi) is 1.43. The summed E-state index contributed by atoms with van der Waals surface area (Å²) in [4.78, 5) is 0. The van der Waals surface area contributed by atoms with E-state index in [1.807, 2.05) is 6.07 Å². The Labute approximate surface area is 64.8 Å². The van der Waals surface area contributed by atoms with Gasteiger partial charge in [0.05, 0.1) is 0 Å². The maximum absolute atomic E-state index is 5.89. The van der Waals surface area contributed by atoms with Crippen molar-refractivity contribution in [2.45, 2.75) is 13.1 Å². The topological polar surface area (TPSA) is 17.0 Å². The molecular formula is C7H9ClN2. The van der Waals surface area contributed by atoms with E-state index in [1.165, 1.54) is 5.69 Å². The Morgan fingerprint density at radius 1 is 1.50 bits per heavy atom. The van der Waals surface area contributed by atoms with Gasteiger partial charge in [0.1, 0.15) is 5.15 Å². The molecular weight excluding hydrogens is 148 g/mol. The number of nitrogens with zero attached hydrogens (tertiary/aromatic N) is 1. The lowest BCUT2D eigenvalue weighted by molar-refractivity contribution is 0.517. The number of fused-ring (bicyclic) bond motifs is 1. The van der Waals surface area contributed by atoms with Gasteiger partial charge in [-0.25, -0.2) is 0 Å². The second-order valence-electron chi connectivity index (χ2n) is 2.48. The van der Waals surface area contributed by atoms with Crippen molar-refractivity contribution in [1.29, 1.82) is 0 Å². The van der Waals surface area contributed by atoms with Crippen LogP contribution in [0.3, 0.4) is 0 Å². The van der Waals surface area contributed by atoms with Crippen LogP contribution in [-0.2, 0) is 13.1 Å². The maximum atomic E-state index is 5.89. The molecule has 0 radical (unpaired) electrons. The monoisotopic (exact) mass is 156 g/mol. The number of nitrogens with one attached hydrogen (secondary N) is 1. The van der Waals surface area contributed by atoms with Gasteiger partial charge in [0.15, 0.2) is 0 Å². The third-order valence-corrected chi connectivity index (χ3v) is 2.17. The molecule has 0 bridgehead atoms. The van der Waals surface area contributed by atoms with Crippen molar-refractivity contribution in [3.63, 3.8) is 0 Å². The molecule has 0 atom stereocenters. The molecule has 1 N–H and O–H groups in total. The minimum atomic E-state index is 0.858. The molecule has 1 aromatic heterocycles. The van der Waals surface area contributed by atoms with Crippen LogP contribution < -0.4 is 5.32 Å². The van der Waals surface area contributed by atoms with E-state index in [0.29, 0.717) is 0 Å². The van der Waals surface area contributed by atoms with Crippen LogP contribution >= 0.6 is 11.6 Å². The van der Waals surface area contributed by atoms with Crippen molar-refractivity contribution >= 4 is 11.6 Å². The Bertz CT molecular complexity index is 242. The zero-order valence-electron chi connectivity index (χ0n) is 5.60. The summed E-state index contributed by atoms with van der Waals surface area (Å²) in [5, 5.41) is 4.13. The fourth-order valence-electron chi connectivity index (χ4n) is 1.29. The summed E-state index contributed by atoms with van der Waals surface area (Å²) in [7, 11) is 0. The van der Waals surface area contributed by atoms with E-state index in [-0.39, 0.29) is 0 Å². The van der Waals surface area contributed by atoms with Crippen LogP contribution in [0.5, 0.6) is 0 Å². The summed E-state index contributed by atoms with van der Waals surface area (Å²) in [6.45, 7) is 2.98. The van der Waals surface area contributed by atoms with Crippen molar-refractivity contribution in [3.05, 3.63) is 23.0 Å². The predicted octanol–water partition coefficient (Wildman–Crippen LogP) is 1.24. The van der Waals surface area contributed by atoms with Crippen molar-refractivity contribution in [2.24, 2.45) is 0 Å². The molecule has 0 fully saturated rings. The van der Waals surface area contributed by atoms with Gasteiger partial charge in [-0.05, 0) is 12.1 Å². The Balaban J connectivity index is 2.45. The van der Waals surface area contributed by atoms with Crippen molar-refractivity contribution in [3.8, 4) is 0 Å². The molecule has 10 heavy (non-hydrogen) atoms. The molecule has 3 heteroatoms. The largest absolute Gasteiger partial charge is 0.333 e. The summed E-state index contributed by atoms with van der Waals surface area (Å²) in [6, 6.07) is 4.01. The van der Waals surface area contributed by atoms with E-state index < -0.39 is 0 Å². The van der Waals surface area contributed by atoms with E-state index in [4.69, 9.17) is 11.6 Å². The highest BCUT2D eigenvalue weighted by atomic mass is 35.5. The molecule has 0 spiro atoms. The van der Waals surface area contributed by atoms with Gasteiger partial charge in [-0.3, -0.25) is 0 Å². The molecule has 0 unspecified atom stereocenters. The predicted molar refractivity (Wildman–Crippen MR) is 41.1 cm³/mol. The lowest BCUT2D eigenvalue weighted by Crippen LogP contribution is -2.27. The number of hydrogen-bond acceptors (Lipinski definition) is 1. The van der Waals surface area contributed by atoms with Crippen LogP contribution in [0.15, 0.2) is 12.1 Å². The molecule has 2 heterocycles.